The Balaban J connectivity index is 2.17. The Morgan fingerprint density at radius 1 is 1.38 bits per heavy atom. The molecule has 21 heavy (non-hydrogen) atoms. The first kappa shape index (κ1) is 13.6. The molecule has 0 amide bonds. The fourth-order valence-electron chi connectivity index (χ4n) is 2.14. The third-order valence-electron chi connectivity index (χ3n) is 3.30. The Morgan fingerprint density at radius 3 is 2.90 bits per heavy atom. The first-order chi connectivity index (χ1) is 10.1. The van der Waals surface area contributed by atoms with Gasteiger partial charge in [-0.3, -0.25) is 9.48 Å². The van der Waals surface area contributed by atoms with Gasteiger partial charge in [0, 0.05) is 13.2 Å². The molecule has 2 aromatic heterocycles. The van der Waals surface area contributed by atoms with Crippen LogP contribution in [0.5, 0.6) is 0 Å². The molecule has 0 saturated carbocycles. The lowest BCUT2D eigenvalue weighted by Gasteiger charge is -2.04. The molecule has 0 aliphatic rings. The summed E-state index contributed by atoms with van der Waals surface area (Å²) >= 11 is 6.28. The summed E-state index contributed by atoms with van der Waals surface area (Å²) in [7, 11) is 1.82. The Bertz CT molecular complexity index is 907. The number of hydrogen-bond donors (Lipinski definition) is 1. The Hall–Kier alpha value is -2.40. The van der Waals surface area contributed by atoms with Gasteiger partial charge in [0.15, 0.2) is 5.82 Å². The van der Waals surface area contributed by atoms with Crippen LogP contribution in [-0.2, 0) is 7.05 Å². The molecule has 0 bridgehead atoms. The number of H-pyrrole nitrogens is 1. The van der Waals surface area contributed by atoms with Gasteiger partial charge in [0.1, 0.15) is 0 Å². The average molecular weight is 301 g/mol. The van der Waals surface area contributed by atoms with Crippen molar-refractivity contribution in [3.05, 3.63) is 57.9 Å². The van der Waals surface area contributed by atoms with Gasteiger partial charge in [-0.15, -0.1) is 0 Å². The molecular weight excluding hydrogens is 288 g/mol. The van der Waals surface area contributed by atoms with E-state index in [2.05, 4.69) is 15.1 Å². The minimum Gasteiger partial charge on any atom is -0.305 e. The van der Waals surface area contributed by atoms with E-state index < -0.39 is 0 Å². The molecule has 106 valence electrons. The molecule has 2 heterocycles. The Kier molecular flexibility index (Phi) is 3.35. The molecule has 0 aliphatic carbocycles. The van der Waals surface area contributed by atoms with Gasteiger partial charge in [0.05, 0.1) is 21.6 Å². The smallest absolute Gasteiger partial charge is 0.259 e. The van der Waals surface area contributed by atoms with Gasteiger partial charge in [0.25, 0.3) is 5.56 Å². The highest BCUT2D eigenvalue weighted by Gasteiger charge is 2.09. The number of aryl methyl sites for hydroxylation is 2. The van der Waals surface area contributed by atoms with Crippen LogP contribution in [-0.4, -0.2) is 19.7 Å². The third kappa shape index (κ3) is 2.48. The number of halogens is 1. The van der Waals surface area contributed by atoms with Gasteiger partial charge in [-0.2, -0.15) is 5.10 Å². The van der Waals surface area contributed by atoms with Gasteiger partial charge in [0.2, 0.25) is 0 Å². The zero-order valence-corrected chi connectivity index (χ0v) is 12.3. The van der Waals surface area contributed by atoms with Crippen LogP contribution in [0.2, 0.25) is 0 Å². The van der Waals surface area contributed by atoms with Crippen molar-refractivity contribution in [1.29, 1.82) is 0 Å². The van der Waals surface area contributed by atoms with Crippen molar-refractivity contribution in [3.63, 3.8) is 0 Å². The van der Waals surface area contributed by atoms with Gasteiger partial charge < -0.3 is 4.98 Å². The average Bonchev–Trinajstić information content (AvgIpc) is 2.85. The Morgan fingerprint density at radius 2 is 2.19 bits per heavy atom. The van der Waals surface area contributed by atoms with E-state index in [1.807, 2.05) is 32.2 Å². The van der Waals surface area contributed by atoms with Crippen LogP contribution in [0.25, 0.3) is 22.0 Å². The van der Waals surface area contributed by atoms with Crippen LogP contribution >= 0.6 is 11.6 Å². The molecule has 0 radical (unpaired) electrons. The molecule has 6 heteroatoms. The van der Waals surface area contributed by atoms with E-state index in [4.69, 9.17) is 11.6 Å². The molecule has 0 fully saturated rings. The highest BCUT2D eigenvalue weighted by molar-refractivity contribution is 6.50. The third-order valence-corrected chi connectivity index (χ3v) is 3.59. The fourth-order valence-corrected chi connectivity index (χ4v) is 2.34. The number of fused-ring (bicyclic) bond motifs is 1. The number of aromatic nitrogens is 4. The number of aromatic amines is 1. The van der Waals surface area contributed by atoms with Crippen LogP contribution in [0.1, 0.15) is 17.1 Å². The van der Waals surface area contributed by atoms with E-state index in [-0.39, 0.29) is 5.56 Å². The molecule has 1 aromatic carbocycles. The van der Waals surface area contributed by atoms with Gasteiger partial charge >= 0.3 is 0 Å². The summed E-state index contributed by atoms with van der Waals surface area (Å²) in [5.74, 6) is 0.352. The maximum absolute atomic E-state index is 12.1. The van der Waals surface area contributed by atoms with Crippen LogP contribution in [0.3, 0.4) is 0 Å². The minimum absolute atomic E-state index is 0.199. The van der Waals surface area contributed by atoms with Crippen molar-refractivity contribution in [2.75, 3.05) is 0 Å². The van der Waals surface area contributed by atoms with Gasteiger partial charge in [-0.1, -0.05) is 23.7 Å². The second-order valence-corrected chi connectivity index (χ2v) is 5.16. The Labute approximate surface area is 125 Å². The van der Waals surface area contributed by atoms with E-state index in [9.17, 15) is 4.79 Å². The number of para-hydroxylation sites is 1. The summed E-state index contributed by atoms with van der Waals surface area (Å²) in [5, 5.41) is 4.99. The van der Waals surface area contributed by atoms with Crippen LogP contribution in [0.15, 0.2) is 35.3 Å². The highest BCUT2D eigenvalue weighted by atomic mass is 35.5. The lowest BCUT2D eigenvalue weighted by atomic mass is 10.1. The number of rotatable bonds is 2. The molecule has 0 aliphatic heterocycles. The highest BCUT2D eigenvalue weighted by Crippen LogP contribution is 2.20. The van der Waals surface area contributed by atoms with Crippen LogP contribution < -0.4 is 5.56 Å². The van der Waals surface area contributed by atoms with Gasteiger partial charge in [-0.25, -0.2) is 4.98 Å². The molecule has 3 rings (SSSR count). The zero-order valence-electron chi connectivity index (χ0n) is 11.6. The number of hydrogen-bond acceptors (Lipinski definition) is 3. The first-order valence-corrected chi connectivity index (χ1v) is 6.79. The standard InChI is InChI=1S/C15H13ClN4O/c1-9-4-3-5-11-13(9)18-14(19-15(11)21)12(16)8-10-6-7-17-20(10)2/h3-8H,1-2H3,(H,18,19,21)/b12-8-. The van der Waals surface area contributed by atoms with Crippen LogP contribution in [0, 0.1) is 6.92 Å². The number of benzene rings is 1. The second-order valence-electron chi connectivity index (χ2n) is 4.76. The van der Waals surface area contributed by atoms with Crippen molar-refractivity contribution >= 4 is 33.6 Å². The predicted octanol–water partition coefficient (Wildman–Crippen LogP) is 2.70. The maximum Gasteiger partial charge on any atom is 0.259 e. The minimum atomic E-state index is -0.199. The first-order valence-electron chi connectivity index (χ1n) is 6.41. The summed E-state index contributed by atoms with van der Waals surface area (Å²) in [6, 6.07) is 7.32. The topological polar surface area (TPSA) is 63.6 Å². The number of nitrogens with zero attached hydrogens (tertiary/aromatic N) is 3. The zero-order chi connectivity index (χ0) is 15.0. The molecule has 0 spiro atoms. The second kappa shape index (κ2) is 5.18. The predicted molar refractivity (Wildman–Crippen MR) is 84.0 cm³/mol. The number of nitrogens with one attached hydrogen (secondary N) is 1. The van der Waals surface area contributed by atoms with Crippen molar-refractivity contribution < 1.29 is 0 Å². The van der Waals surface area contributed by atoms with Crippen LogP contribution in [0.4, 0.5) is 0 Å². The lowest BCUT2D eigenvalue weighted by Crippen LogP contribution is -2.11. The summed E-state index contributed by atoms with van der Waals surface area (Å²) in [4.78, 5) is 19.3. The molecule has 0 atom stereocenters. The normalized spacial score (nSPS) is 12.0. The molecule has 1 N–H and O–H groups in total. The monoisotopic (exact) mass is 300 g/mol. The molecular formula is C15H13ClN4O. The molecule has 3 aromatic rings. The summed E-state index contributed by atoms with van der Waals surface area (Å²) in [5.41, 5.74) is 2.22. The quantitative estimate of drug-likeness (QED) is 0.791. The van der Waals surface area contributed by atoms with E-state index in [0.29, 0.717) is 21.8 Å². The van der Waals surface area contributed by atoms with Crippen molar-refractivity contribution in [2.24, 2.45) is 7.05 Å². The maximum atomic E-state index is 12.1. The summed E-state index contributed by atoms with van der Waals surface area (Å²) < 4.78 is 1.69. The fraction of sp³-hybridized carbons (Fsp3) is 0.133. The van der Waals surface area contributed by atoms with E-state index in [1.165, 1.54) is 0 Å². The van der Waals surface area contributed by atoms with Crippen molar-refractivity contribution in [1.82, 2.24) is 19.7 Å². The lowest BCUT2D eigenvalue weighted by molar-refractivity contribution is 0.760. The van der Waals surface area contributed by atoms with E-state index in [0.717, 1.165) is 11.3 Å². The molecule has 0 unspecified atom stereocenters. The largest absolute Gasteiger partial charge is 0.305 e. The van der Waals surface area contributed by atoms with Crippen molar-refractivity contribution in [2.45, 2.75) is 6.92 Å². The molecule has 5 nitrogen and oxygen atoms in total. The van der Waals surface area contributed by atoms with E-state index >= 15 is 0 Å². The molecule has 0 saturated heterocycles. The van der Waals surface area contributed by atoms with Gasteiger partial charge in [-0.05, 0) is 30.7 Å². The van der Waals surface area contributed by atoms with E-state index in [1.54, 1.807) is 23.0 Å². The SMILES string of the molecule is Cc1cccc2c(=O)[nH]c(/C(Cl)=C/c3ccnn3C)nc12. The summed E-state index contributed by atoms with van der Waals surface area (Å²) in [6.45, 7) is 1.91. The summed E-state index contributed by atoms with van der Waals surface area (Å²) in [6.07, 6.45) is 3.40. The van der Waals surface area contributed by atoms with Crippen molar-refractivity contribution in [3.8, 4) is 0 Å².